The van der Waals surface area contributed by atoms with Crippen molar-refractivity contribution >= 4 is 21.6 Å². The minimum Gasteiger partial charge on any atom is -0.256 e. The normalized spacial score (nSPS) is 22.6. The SMILES string of the molecule is CS(=O)(=O)N1CCC[C@@H](c2nccnc2Cl)C1. The fourth-order valence-electron chi connectivity index (χ4n) is 2.07. The van der Waals surface area contributed by atoms with E-state index in [-0.39, 0.29) is 5.92 Å². The van der Waals surface area contributed by atoms with Crippen molar-refractivity contribution in [2.24, 2.45) is 0 Å². The van der Waals surface area contributed by atoms with E-state index in [0.29, 0.717) is 23.9 Å². The Labute approximate surface area is 106 Å². The van der Waals surface area contributed by atoms with E-state index in [2.05, 4.69) is 9.97 Å². The number of aromatic nitrogens is 2. The lowest BCUT2D eigenvalue weighted by Gasteiger charge is -2.30. The topological polar surface area (TPSA) is 63.2 Å². The number of piperidine rings is 1. The monoisotopic (exact) mass is 275 g/mol. The summed E-state index contributed by atoms with van der Waals surface area (Å²) in [5, 5.41) is 0.368. The lowest BCUT2D eigenvalue weighted by molar-refractivity contribution is 0.314. The van der Waals surface area contributed by atoms with E-state index in [1.165, 1.54) is 16.8 Å². The molecule has 1 aromatic rings. The Hall–Kier alpha value is -0.720. The van der Waals surface area contributed by atoms with Crippen LogP contribution in [-0.2, 0) is 10.0 Å². The molecule has 5 nitrogen and oxygen atoms in total. The second kappa shape index (κ2) is 4.88. The number of hydrogen-bond donors (Lipinski definition) is 0. The Morgan fingerprint density at radius 2 is 2.12 bits per heavy atom. The summed E-state index contributed by atoms with van der Waals surface area (Å²) in [6.45, 7) is 1.02. The van der Waals surface area contributed by atoms with Gasteiger partial charge in [-0.25, -0.2) is 17.7 Å². The van der Waals surface area contributed by atoms with E-state index < -0.39 is 10.0 Å². The highest BCUT2D eigenvalue weighted by molar-refractivity contribution is 7.88. The molecule has 7 heteroatoms. The van der Waals surface area contributed by atoms with Crippen LogP contribution < -0.4 is 0 Å². The fraction of sp³-hybridized carbons (Fsp3) is 0.600. The Balaban J connectivity index is 2.21. The van der Waals surface area contributed by atoms with Gasteiger partial charge in [0.15, 0.2) is 5.15 Å². The average Bonchev–Trinajstić information content (AvgIpc) is 2.29. The van der Waals surface area contributed by atoms with Gasteiger partial charge >= 0.3 is 0 Å². The van der Waals surface area contributed by atoms with E-state index in [0.717, 1.165) is 12.8 Å². The van der Waals surface area contributed by atoms with Crippen molar-refractivity contribution < 1.29 is 8.42 Å². The van der Waals surface area contributed by atoms with Crippen molar-refractivity contribution in [3.8, 4) is 0 Å². The van der Waals surface area contributed by atoms with Gasteiger partial charge in [0.2, 0.25) is 10.0 Å². The molecule has 1 atom stereocenters. The summed E-state index contributed by atoms with van der Waals surface area (Å²) in [4.78, 5) is 8.18. The molecule has 2 heterocycles. The van der Waals surface area contributed by atoms with Gasteiger partial charge in [-0.05, 0) is 12.8 Å². The number of hydrogen-bond acceptors (Lipinski definition) is 4. The van der Waals surface area contributed by atoms with Crippen molar-refractivity contribution in [1.29, 1.82) is 0 Å². The van der Waals surface area contributed by atoms with Gasteiger partial charge in [-0.3, -0.25) is 4.98 Å². The van der Waals surface area contributed by atoms with Crippen LogP contribution in [-0.4, -0.2) is 42.0 Å². The van der Waals surface area contributed by atoms with Crippen molar-refractivity contribution in [1.82, 2.24) is 14.3 Å². The molecule has 0 saturated carbocycles. The summed E-state index contributed by atoms with van der Waals surface area (Å²) in [7, 11) is -3.14. The van der Waals surface area contributed by atoms with Gasteiger partial charge in [-0.2, -0.15) is 0 Å². The Morgan fingerprint density at radius 3 is 2.76 bits per heavy atom. The Morgan fingerprint density at radius 1 is 1.41 bits per heavy atom. The molecule has 1 aromatic heterocycles. The van der Waals surface area contributed by atoms with Gasteiger partial charge in [-0.15, -0.1) is 0 Å². The smallest absolute Gasteiger partial charge is 0.211 e. The zero-order chi connectivity index (χ0) is 12.5. The molecular formula is C10H14ClN3O2S. The molecule has 1 aliphatic rings. The molecule has 0 unspecified atom stereocenters. The first-order chi connectivity index (χ1) is 7.98. The molecule has 0 bridgehead atoms. The van der Waals surface area contributed by atoms with E-state index in [1.807, 2.05) is 0 Å². The third-order valence-electron chi connectivity index (χ3n) is 2.92. The summed E-state index contributed by atoms with van der Waals surface area (Å²) in [5.74, 6) is 0.0414. The molecular weight excluding hydrogens is 262 g/mol. The maximum absolute atomic E-state index is 11.5. The number of nitrogens with zero attached hydrogens (tertiary/aromatic N) is 3. The van der Waals surface area contributed by atoms with Crippen molar-refractivity contribution in [3.05, 3.63) is 23.2 Å². The lowest BCUT2D eigenvalue weighted by Crippen LogP contribution is -2.38. The van der Waals surface area contributed by atoms with Crippen LogP contribution in [0.5, 0.6) is 0 Å². The average molecular weight is 276 g/mol. The predicted octanol–water partition coefficient (Wildman–Crippen LogP) is 1.27. The van der Waals surface area contributed by atoms with Crippen LogP contribution in [0.15, 0.2) is 12.4 Å². The van der Waals surface area contributed by atoms with Crippen LogP contribution in [0.25, 0.3) is 0 Å². The van der Waals surface area contributed by atoms with Gasteiger partial charge in [-0.1, -0.05) is 11.6 Å². The maximum atomic E-state index is 11.5. The van der Waals surface area contributed by atoms with Gasteiger partial charge < -0.3 is 0 Å². The van der Waals surface area contributed by atoms with Crippen molar-refractivity contribution in [2.75, 3.05) is 19.3 Å². The highest BCUT2D eigenvalue weighted by atomic mass is 35.5. The zero-order valence-electron chi connectivity index (χ0n) is 9.50. The van der Waals surface area contributed by atoms with Crippen molar-refractivity contribution in [2.45, 2.75) is 18.8 Å². The highest BCUT2D eigenvalue weighted by Crippen LogP contribution is 2.29. The first-order valence-corrected chi connectivity index (χ1v) is 7.62. The maximum Gasteiger partial charge on any atom is 0.211 e. The Bertz CT molecular complexity index is 506. The number of rotatable bonds is 2. The van der Waals surface area contributed by atoms with Crippen molar-refractivity contribution in [3.63, 3.8) is 0 Å². The molecule has 1 fully saturated rings. The second-order valence-electron chi connectivity index (χ2n) is 4.19. The molecule has 0 spiro atoms. The summed E-state index contributed by atoms with van der Waals surface area (Å²) in [6, 6.07) is 0. The summed E-state index contributed by atoms with van der Waals surface area (Å²) >= 11 is 5.98. The molecule has 94 valence electrons. The third kappa shape index (κ3) is 2.94. The fourth-order valence-corrected chi connectivity index (χ4v) is 3.24. The Kier molecular flexibility index (Phi) is 3.65. The van der Waals surface area contributed by atoms with Crippen LogP contribution in [0.2, 0.25) is 5.15 Å². The second-order valence-corrected chi connectivity index (χ2v) is 6.53. The largest absolute Gasteiger partial charge is 0.256 e. The van der Waals surface area contributed by atoms with Gasteiger partial charge in [0, 0.05) is 31.4 Å². The standard InChI is InChI=1S/C10H14ClN3O2S/c1-17(15,16)14-6-2-3-8(7-14)9-10(11)13-5-4-12-9/h4-5,8H,2-3,6-7H2,1H3/t8-/m1/s1. The van der Waals surface area contributed by atoms with Gasteiger partial charge in [0.1, 0.15) is 0 Å². The number of sulfonamides is 1. The van der Waals surface area contributed by atoms with Crippen LogP contribution in [0.3, 0.4) is 0 Å². The minimum atomic E-state index is -3.14. The third-order valence-corrected chi connectivity index (χ3v) is 4.48. The molecule has 0 N–H and O–H groups in total. The first-order valence-electron chi connectivity index (χ1n) is 5.40. The molecule has 17 heavy (non-hydrogen) atoms. The quantitative estimate of drug-likeness (QED) is 0.815. The molecule has 0 aliphatic carbocycles. The van der Waals surface area contributed by atoms with Crippen LogP contribution >= 0.6 is 11.6 Å². The number of halogens is 1. The molecule has 1 saturated heterocycles. The highest BCUT2D eigenvalue weighted by Gasteiger charge is 2.28. The first kappa shape index (κ1) is 12.7. The van der Waals surface area contributed by atoms with Crippen LogP contribution in [0.1, 0.15) is 24.5 Å². The van der Waals surface area contributed by atoms with Crippen LogP contribution in [0, 0.1) is 0 Å². The van der Waals surface area contributed by atoms with E-state index in [4.69, 9.17) is 11.6 Å². The summed E-state index contributed by atoms with van der Waals surface area (Å²) in [5.41, 5.74) is 0.697. The van der Waals surface area contributed by atoms with E-state index in [1.54, 1.807) is 6.20 Å². The molecule has 0 radical (unpaired) electrons. The molecule has 2 rings (SSSR count). The van der Waals surface area contributed by atoms with Gasteiger partial charge in [0.25, 0.3) is 0 Å². The van der Waals surface area contributed by atoms with Gasteiger partial charge in [0.05, 0.1) is 11.9 Å². The molecule has 1 aliphatic heterocycles. The zero-order valence-corrected chi connectivity index (χ0v) is 11.1. The molecule has 0 amide bonds. The summed E-state index contributed by atoms with van der Waals surface area (Å²) < 4.78 is 24.5. The minimum absolute atomic E-state index is 0.0414. The van der Waals surface area contributed by atoms with E-state index >= 15 is 0 Å². The van der Waals surface area contributed by atoms with Crippen LogP contribution in [0.4, 0.5) is 0 Å². The summed E-state index contributed by atoms with van der Waals surface area (Å²) in [6.07, 6.45) is 6.06. The van der Waals surface area contributed by atoms with E-state index in [9.17, 15) is 8.42 Å². The lowest BCUT2D eigenvalue weighted by atomic mass is 9.96. The predicted molar refractivity (Wildman–Crippen MR) is 65.4 cm³/mol. The molecule has 0 aromatic carbocycles.